The predicted octanol–water partition coefficient (Wildman–Crippen LogP) is 3.11. The average Bonchev–Trinajstić information content (AvgIpc) is 3.09. The maximum atomic E-state index is 12.3. The van der Waals surface area contributed by atoms with Crippen LogP contribution in [0, 0.1) is 0 Å². The molecule has 3 rings (SSSR count). The molecule has 0 fully saturated rings. The zero-order chi connectivity index (χ0) is 17.8. The van der Waals surface area contributed by atoms with E-state index in [0.29, 0.717) is 28.0 Å². The molecule has 0 saturated heterocycles. The summed E-state index contributed by atoms with van der Waals surface area (Å²) in [6.07, 6.45) is 1.52. The molecule has 0 aliphatic rings. The van der Waals surface area contributed by atoms with Crippen LogP contribution in [0.15, 0.2) is 48.7 Å². The van der Waals surface area contributed by atoms with Crippen molar-refractivity contribution in [3.63, 3.8) is 0 Å². The van der Waals surface area contributed by atoms with Gasteiger partial charge in [-0.2, -0.15) is 0 Å². The molecule has 0 saturated carbocycles. The van der Waals surface area contributed by atoms with Gasteiger partial charge in [0.05, 0.1) is 19.8 Å². The normalized spacial score (nSPS) is 10.5. The fourth-order valence-electron chi connectivity index (χ4n) is 2.55. The Kier molecular flexibility index (Phi) is 4.70. The number of esters is 1. The van der Waals surface area contributed by atoms with E-state index >= 15 is 0 Å². The van der Waals surface area contributed by atoms with Crippen molar-refractivity contribution in [3.8, 4) is 11.5 Å². The zero-order valence-corrected chi connectivity index (χ0v) is 13.9. The number of Topliss-reactive ketones (excluding diaryl/α,β-unsaturated/α-hetero) is 1. The second kappa shape index (κ2) is 7.09. The number of ether oxygens (including phenoxy) is 3. The number of para-hydroxylation sites is 1. The van der Waals surface area contributed by atoms with E-state index in [1.165, 1.54) is 20.4 Å². The van der Waals surface area contributed by atoms with Crippen LogP contribution >= 0.6 is 0 Å². The number of benzene rings is 2. The van der Waals surface area contributed by atoms with Crippen LogP contribution in [0.5, 0.6) is 11.5 Å². The van der Waals surface area contributed by atoms with E-state index in [-0.39, 0.29) is 6.61 Å². The highest BCUT2D eigenvalue weighted by atomic mass is 16.5. The van der Waals surface area contributed by atoms with Crippen molar-refractivity contribution in [2.75, 3.05) is 14.2 Å². The van der Waals surface area contributed by atoms with Gasteiger partial charge in [-0.25, -0.2) is 4.79 Å². The van der Waals surface area contributed by atoms with Crippen LogP contribution in [0.4, 0.5) is 0 Å². The van der Waals surface area contributed by atoms with Crippen LogP contribution in [0.3, 0.4) is 0 Å². The van der Waals surface area contributed by atoms with E-state index in [9.17, 15) is 9.59 Å². The van der Waals surface area contributed by atoms with Gasteiger partial charge in [0.25, 0.3) is 5.78 Å². The van der Waals surface area contributed by atoms with Gasteiger partial charge in [-0.15, -0.1) is 0 Å². The summed E-state index contributed by atoms with van der Waals surface area (Å²) in [6, 6.07) is 12.4. The number of methoxy groups -OCH3 is 2. The van der Waals surface area contributed by atoms with Crippen molar-refractivity contribution in [1.82, 2.24) is 4.98 Å². The first kappa shape index (κ1) is 16.6. The highest BCUT2D eigenvalue weighted by Crippen LogP contribution is 2.28. The number of carbonyl (C=O) groups excluding carboxylic acids is 2. The molecule has 0 atom stereocenters. The number of hydrogen-bond acceptors (Lipinski definition) is 5. The van der Waals surface area contributed by atoms with Crippen LogP contribution in [-0.4, -0.2) is 31.0 Å². The molecule has 128 valence electrons. The van der Waals surface area contributed by atoms with Gasteiger partial charge in [0.15, 0.2) is 11.5 Å². The summed E-state index contributed by atoms with van der Waals surface area (Å²) in [7, 11) is 3.06. The van der Waals surface area contributed by atoms with E-state index in [1.807, 2.05) is 18.2 Å². The topological polar surface area (TPSA) is 77.6 Å². The van der Waals surface area contributed by atoms with Crippen molar-refractivity contribution in [2.24, 2.45) is 0 Å². The maximum Gasteiger partial charge on any atom is 0.380 e. The third-order valence-electron chi connectivity index (χ3n) is 3.84. The minimum atomic E-state index is -0.903. The van der Waals surface area contributed by atoms with Crippen LogP contribution in [0.2, 0.25) is 0 Å². The molecule has 0 amide bonds. The highest BCUT2D eigenvalue weighted by Gasteiger charge is 2.21. The van der Waals surface area contributed by atoms with E-state index in [0.717, 1.165) is 5.52 Å². The molecule has 0 aliphatic carbocycles. The summed E-state index contributed by atoms with van der Waals surface area (Å²) in [4.78, 5) is 27.4. The number of rotatable bonds is 6. The Labute approximate surface area is 144 Å². The van der Waals surface area contributed by atoms with Crippen LogP contribution in [0.25, 0.3) is 10.9 Å². The van der Waals surface area contributed by atoms with Gasteiger partial charge in [-0.1, -0.05) is 24.3 Å². The molecule has 6 heteroatoms. The summed E-state index contributed by atoms with van der Waals surface area (Å²) in [5.74, 6) is -0.482. The summed E-state index contributed by atoms with van der Waals surface area (Å²) in [5.41, 5.74) is 1.78. The third kappa shape index (κ3) is 3.33. The highest BCUT2D eigenvalue weighted by molar-refractivity contribution is 6.42. The Morgan fingerprint density at radius 3 is 2.52 bits per heavy atom. The molecule has 25 heavy (non-hydrogen) atoms. The average molecular weight is 339 g/mol. The Morgan fingerprint density at radius 1 is 1.00 bits per heavy atom. The van der Waals surface area contributed by atoms with Gasteiger partial charge in [0.1, 0.15) is 6.61 Å². The van der Waals surface area contributed by atoms with Gasteiger partial charge < -0.3 is 19.2 Å². The molecule has 3 aromatic rings. The van der Waals surface area contributed by atoms with Crippen LogP contribution in [-0.2, 0) is 16.1 Å². The number of carbonyl (C=O) groups is 2. The van der Waals surface area contributed by atoms with E-state index in [1.54, 1.807) is 24.3 Å². The summed E-state index contributed by atoms with van der Waals surface area (Å²) < 4.78 is 15.5. The van der Waals surface area contributed by atoms with Crippen LogP contribution in [0.1, 0.15) is 15.9 Å². The lowest BCUT2D eigenvalue weighted by atomic mass is 10.1. The zero-order valence-electron chi connectivity index (χ0n) is 13.9. The fourth-order valence-corrected chi connectivity index (χ4v) is 2.55. The lowest BCUT2D eigenvalue weighted by molar-refractivity contribution is -0.139. The van der Waals surface area contributed by atoms with Gasteiger partial charge in [0.2, 0.25) is 0 Å². The first-order valence-corrected chi connectivity index (χ1v) is 7.62. The number of ketones is 1. The number of aromatic nitrogens is 1. The Bertz CT molecular complexity index is 928. The molecule has 0 aliphatic heterocycles. The van der Waals surface area contributed by atoms with E-state index in [2.05, 4.69) is 4.98 Å². The molecule has 1 aromatic heterocycles. The van der Waals surface area contributed by atoms with Crippen molar-refractivity contribution < 1.29 is 23.8 Å². The molecular formula is C19H17NO5. The summed E-state index contributed by atoms with van der Waals surface area (Å²) >= 11 is 0. The van der Waals surface area contributed by atoms with Gasteiger partial charge in [-0.3, -0.25) is 4.79 Å². The third-order valence-corrected chi connectivity index (χ3v) is 3.84. The predicted molar refractivity (Wildman–Crippen MR) is 92.0 cm³/mol. The molecule has 2 aromatic carbocycles. The Morgan fingerprint density at radius 2 is 1.76 bits per heavy atom. The monoisotopic (exact) mass is 339 g/mol. The molecule has 1 heterocycles. The largest absolute Gasteiger partial charge is 0.493 e. The Hall–Kier alpha value is -3.28. The number of fused-ring (bicyclic) bond motifs is 1. The standard InChI is InChI=1S/C19H17NO5/c1-23-16-8-7-12(9-17(16)24-2)11-25-19(22)18(21)14-10-20-15-6-4-3-5-13(14)15/h3-10,20H,11H2,1-2H3. The number of hydrogen-bond donors (Lipinski definition) is 1. The SMILES string of the molecule is COc1ccc(COC(=O)C(=O)c2c[nH]c3ccccc23)cc1OC. The molecule has 0 unspecified atom stereocenters. The van der Waals surface area contributed by atoms with Crippen molar-refractivity contribution in [2.45, 2.75) is 6.61 Å². The molecule has 1 N–H and O–H groups in total. The first-order chi connectivity index (χ1) is 12.1. The first-order valence-electron chi connectivity index (χ1n) is 7.62. The van der Waals surface area contributed by atoms with Crippen molar-refractivity contribution in [3.05, 3.63) is 59.8 Å². The second-order valence-corrected chi connectivity index (χ2v) is 5.34. The lowest BCUT2D eigenvalue weighted by Gasteiger charge is -2.09. The minimum absolute atomic E-state index is 0.0344. The van der Waals surface area contributed by atoms with Gasteiger partial charge in [-0.05, 0) is 23.8 Å². The van der Waals surface area contributed by atoms with Crippen molar-refractivity contribution >= 4 is 22.7 Å². The quantitative estimate of drug-likeness (QED) is 0.424. The lowest BCUT2D eigenvalue weighted by Crippen LogP contribution is -2.17. The van der Waals surface area contributed by atoms with Gasteiger partial charge in [0, 0.05) is 17.1 Å². The molecule has 6 nitrogen and oxygen atoms in total. The fraction of sp³-hybridized carbons (Fsp3) is 0.158. The second-order valence-electron chi connectivity index (χ2n) is 5.34. The minimum Gasteiger partial charge on any atom is -0.493 e. The Balaban J connectivity index is 1.71. The van der Waals surface area contributed by atoms with Crippen LogP contribution < -0.4 is 9.47 Å². The molecular weight excluding hydrogens is 322 g/mol. The summed E-state index contributed by atoms with van der Waals surface area (Å²) in [5, 5.41) is 0.690. The van der Waals surface area contributed by atoms with Gasteiger partial charge >= 0.3 is 5.97 Å². The number of H-pyrrole nitrogens is 1. The number of nitrogens with one attached hydrogen (secondary N) is 1. The van der Waals surface area contributed by atoms with E-state index in [4.69, 9.17) is 14.2 Å². The smallest absolute Gasteiger partial charge is 0.380 e. The number of aromatic amines is 1. The molecule has 0 spiro atoms. The maximum absolute atomic E-state index is 12.3. The molecule has 0 radical (unpaired) electrons. The van der Waals surface area contributed by atoms with E-state index < -0.39 is 11.8 Å². The summed E-state index contributed by atoms with van der Waals surface area (Å²) in [6.45, 7) is -0.0344. The van der Waals surface area contributed by atoms with Crippen molar-refractivity contribution in [1.29, 1.82) is 0 Å². The molecule has 0 bridgehead atoms.